The first-order valence-corrected chi connectivity index (χ1v) is 8.36. The monoisotopic (exact) mass is 369 g/mol. The lowest BCUT2D eigenvalue weighted by atomic mass is 10.1. The average Bonchev–Trinajstić information content (AvgIpc) is 2.95. The van der Waals surface area contributed by atoms with E-state index in [9.17, 15) is 14.7 Å². The molecule has 0 saturated heterocycles. The number of phenols is 1. The standard InChI is InChI=1S/C20H19NO6/c1-3-21-19(23)11-26-15-7-4-12(8-17(15)25-2)9-18-20(24)14-6-5-13(22)10-16(14)27-18/h4-10,22H,3,11H2,1-2H3,(H,21,23)/b18-9-. The number of amides is 1. The van der Waals surface area contributed by atoms with Crippen molar-refractivity contribution in [2.45, 2.75) is 6.92 Å². The molecule has 1 amide bonds. The first-order chi connectivity index (χ1) is 13.0. The average molecular weight is 369 g/mol. The second-order valence-corrected chi connectivity index (χ2v) is 5.77. The van der Waals surface area contributed by atoms with Crippen molar-refractivity contribution in [3.05, 3.63) is 53.3 Å². The van der Waals surface area contributed by atoms with Crippen molar-refractivity contribution >= 4 is 17.8 Å². The summed E-state index contributed by atoms with van der Waals surface area (Å²) in [6, 6.07) is 9.41. The summed E-state index contributed by atoms with van der Waals surface area (Å²) >= 11 is 0. The number of aromatic hydroxyl groups is 1. The van der Waals surface area contributed by atoms with Gasteiger partial charge in [-0.1, -0.05) is 6.07 Å². The van der Waals surface area contributed by atoms with Crippen molar-refractivity contribution in [1.82, 2.24) is 5.32 Å². The number of hydrogen-bond donors (Lipinski definition) is 2. The SMILES string of the molecule is CCNC(=O)COc1ccc(/C=C2\Oc3cc(O)ccc3C2=O)cc1OC. The molecule has 2 aromatic rings. The Morgan fingerprint density at radius 2 is 2.04 bits per heavy atom. The molecule has 0 saturated carbocycles. The summed E-state index contributed by atoms with van der Waals surface area (Å²) in [7, 11) is 1.49. The number of likely N-dealkylation sites (N-methyl/N-ethyl adjacent to an activating group) is 1. The molecule has 0 spiro atoms. The normalized spacial score (nSPS) is 13.9. The minimum Gasteiger partial charge on any atom is -0.508 e. The number of hydrogen-bond acceptors (Lipinski definition) is 6. The lowest BCUT2D eigenvalue weighted by molar-refractivity contribution is -0.123. The van der Waals surface area contributed by atoms with E-state index in [0.29, 0.717) is 34.9 Å². The van der Waals surface area contributed by atoms with Crippen LogP contribution >= 0.6 is 0 Å². The fourth-order valence-corrected chi connectivity index (χ4v) is 2.61. The predicted molar refractivity (Wildman–Crippen MR) is 98.2 cm³/mol. The summed E-state index contributed by atoms with van der Waals surface area (Å²) in [4.78, 5) is 23.9. The molecule has 2 aromatic carbocycles. The summed E-state index contributed by atoms with van der Waals surface area (Å²) in [5.41, 5.74) is 1.06. The minimum absolute atomic E-state index is 0.0260. The molecule has 0 atom stereocenters. The van der Waals surface area contributed by atoms with Crippen LogP contribution in [-0.4, -0.2) is 37.1 Å². The molecule has 0 fully saturated rings. The Kier molecular flexibility index (Phi) is 5.30. The van der Waals surface area contributed by atoms with Crippen LogP contribution in [0.2, 0.25) is 0 Å². The molecule has 0 bridgehead atoms. The van der Waals surface area contributed by atoms with Gasteiger partial charge < -0.3 is 24.6 Å². The molecule has 0 aromatic heterocycles. The Balaban J connectivity index is 1.79. The van der Waals surface area contributed by atoms with Crippen LogP contribution in [0.5, 0.6) is 23.0 Å². The van der Waals surface area contributed by atoms with Crippen molar-refractivity contribution in [2.75, 3.05) is 20.3 Å². The maximum Gasteiger partial charge on any atom is 0.257 e. The van der Waals surface area contributed by atoms with Crippen LogP contribution in [0.4, 0.5) is 0 Å². The van der Waals surface area contributed by atoms with Crippen LogP contribution in [0.25, 0.3) is 6.08 Å². The third kappa shape index (κ3) is 4.03. The Morgan fingerprint density at radius 1 is 1.22 bits per heavy atom. The van der Waals surface area contributed by atoms with E-state index >= 15 is 0 Å². The molecule has 7 nitrogen and oxygen atoms in total. The first kappa shape index (κ1) is 18.3. The van der Waals surface area contributed by atoms with Gasteiger partial charge in [0.2, 0.25) is 5.78 Å². The Hall–Kier alpha value is -3.48. The maximum absolute atomic E-state index is 12.4. The zero-order chi connectivity index (χ0) is 19.4. The highest BCUT2D eigenvalue weighted by molar-refractivity contribution is 6.14. The number of phenolic OH excluding ortho intramolecular Hbond substituents is 1. The van der Waals surface area contributed by atoms with Gasteiger partial charge in [-0.15, -0.1) is 0 Å². The highest BCUT2D eigenvalue weighted by Gasteiger charge is 2.27. The number of ketones is 1. The van der Waals surface area contributed by atoms with Gasteiger partial charge in [0.25, 0.3) is 5.91 Å². The molecule has 27 heavy (non-hydrogen) atoms. The van der Waals surface area contributed by atoms with Crippen LogP contribution in [0, 0.1) is 0 Å². The summed E-state index contributed by atoms with van der Waals surface area (Å²) in [6.07, 6.45) is 1.58. The fraction of sp³-hybridized carbons (Fsp3) is 0.200. The quantitative estimate of drug-likeness (QED) is 0.760. The summed E-state index contributed by atoms with van der Waals surface area (Å²) < 4.78 is 16.3. The number of rotatable bonds is 6. The van der Waals surface area contributed by atoms with Gasteiger partial charge >= 0.3 is 0 Å². The molecular formula is C20H19NO6. The lowest BCUT2D eigenvalue weighted by Crippen LogP contribution is -2.28. The highest BCUT2D eigenvalue weighted by Crippen LogP contribution is 2.35. The summed E-state index contributed by atoms with van der Waals surface area (Å²) in [5.74, 6) is 0.844. The van der Waals surface area contributed by atoms with Gasteiger partial charge in [-0.3, -0.25) is 9.59 Å². The molecule has 1 aliphatic rings. The van der Waals surface area contributed by atoms with Gasteiger partial charge in [-0.25, -0.2) is 0 Å². The molecule has 1 heterocycles. The largest absolute Gasteiger partial charge is 0.508 e. The van der Waals surface area contributed by atoms with E-state index in [1.54, 1.807) is 24.3 Å². The number of ether oxygens (including phenoxy) is 3. The van der Waals surface area contributed by atoms with Crippen molar-refractivity contribution in [3.63, 3.8) is 0 Å². The van der Waals surface area contributed by atoms with Crippen LogP contribution < -0.4 is 19.5 Å². The number of benzene rings is 2. The highest BCUT2D eigenvalue weighted by atomic mass is 16.5. The van der Waals surface area contributed by atoms with Crippen molar-refractivity contribution in [2.24, 2.45) is 0 Å². The number of carbonyl (C=O) groups excluding carboxylic acids is 2. The Labute approximate surface area is 156 Å². The Morgan fingerprint density at radius 3 is 2.78 bits per heavy atom. The molecule has 0 unspecified atom stereocenters. The van der Waals surface area contributed by atoms with Crippen molar-refractivity contribution in [1.29, 1.82) is 0 Å². The van der Waals surface area contributed by atoms with Gasteiger partial charge in [0, 0.05) is 12.6 Å². The fourth-order valence-electron chi connectivity index (χ4n) is 2.61. The maximum atomic E-state index is 12.4. The van der Waals surface area contributed by atoms with E-state index in [-0.39, 0.29) is 29.8 Å². The number of allylic oxidation sites excluding steroid dienone is 1. The molecule has 3 rings (SSSR count). The lowest BCUT2D eigenvalue weighted by Gasteiger charge is -2.11. The molecular weight excluding hydrogens is 350 g/mol. The van der Waals surface area contributed by atoms with Gasteiger partial charge in [-0.05, 0) is 42.8 Å². The molecule has 1 aliphatic heterocycles. The van der Waals surface area contributed by atoms with Crippen molar-refractivity contribution < 1.29 is 28.9 Å². The van der Waals surface area contributed by atoms with Gasteiger partial charge in [0.1, 0.15) is 11.5 Å². The number of nitrogens with one attached hydrogen (secondary N) is 1. The molecule has 0 aliphatic carbocycles. The van der Waals surface area contributed by atoms with E-state index in [1.165, 1.54) is 25.3 Å². The van der Waals surface area contributed by atoms with E-state index in [2.05, 4.69) is 5.32 Å². The van der Waals surface area contributed by atoms with E-state index in [0.717, 1.165) is 0 Å². The number of methoxy groups -OCH3 is 1. The van der Waals surface area contributed by atoms with Gasteiger partial charge in [-0.2, -0.15) is 0 Å². The van der Waals surface area contributed by atoms with E-state index < -0.39 is 0 Å². The smallest absolute Gasteiger partial charge is 0.257 e. The zero-order valence-corrected chi connectivity index (χ0v) is 14.9. The Bertz CT molecular complexity index is 919. The summed E-state index contributed by atoms with van der Waals surface area (Å²) in [6.45, 7) is 2.23. The molecule has 7 heteroatoms. The van der Waals surface area contributed by atoms with E-state index in [1.807, 2.05) is 6.92 Å². The second-order valence-electron chi connectivity index (χ2n) is 5.77. The first-order valence-electron chi connectivity index (χ1n) is 8.36. The molecule has 0 radical (unpaired) electrons. The minimum atomic E-state index is -0.263. The van der Waals surface area contributed by atoms with Gasteiger partial charge in [0.15, 0.2) is 23.9 Å². The van der Waals surface area contributed by atoms with Crippen molar-refractivity contribution in [3.8, 4) is 23.0 Å². The van der Waals surface area contributed by atoms with Crippen LogP contribution in [0.15, 0.2) is 42.2 Å². The predicted octanol–water partition coefficient (Wildman–Crippen LogP) is 2.53. The molecule has 2 N–H and O–H groups in total. The van der Waals surface area contributed by atoms with Crippen LogP contribution in [0.3, 0.4) is 0 Å². The molecule has 140 valence electrons. The van der Waals surface area contributed by atoms with Crippen LogP contribution in [0.1, 0.15) is 22.8 Å². The third-order valence-electron chi connectivity index (χ3n) is 3.87. The second kappa shape index (κ2) is 7.82. The number of Topliss-reactive ketones (excluding diaryl/α,β-unsaturated/α-hetero) is 1. The number of carbonyl (C=O) groups is 2. The van der Waals surface area contributed by atoms with Gasteiger partial charge in [0.05, 0.1) is 12.7 Å². The third-order valence-corrected chi connectivity index (χ3v) is 3.87. The zero-order valence-electron chi connectivity index (χ0n) is 14.9. The van der Waals surface area contributed by atoms with Crippen LogP contribution in [-0.2, 0) is 4.79 Å². The topological polar surface area (TPSA) is 94.1 Å². The summed E-state index contributed by atoms with van der Waals surface area (Å²) in [5, 5.41) is 12.2. The van der Waals surface area contributed by atoms with E-state index in [4.69, 9.17) is 14.2 Å². The number of fused-ring (bicyclic) bond motifs is 1.